The minimum Gasteiger partial charge on any atom is -0.319 e. The second kappa shape index (κ2) is 6.52. The molecule has 1 heterocycles. The van der Waals surface area contributed by atoms with Crippen molar-refractivity contribution in [2.75, 3.05) is 5.32 Å². The molecule has 0 aliphatic carbocycles. The molecule has 1 amide bonds. The number of halogens is 2. The summed E-state index contributed by atoms with van der Waals surface area (Å²) in [6.45, 7) is 0. The van der Waals surface area contributed by atoms with Gasteiger partial charge in [0.1, 0.15) is 17.2 Å². The van der Waals surface area contributed by atoms with Crippen LogP contribution in [-0.4, -0.2) is 15.5 Å². The van der Waals surface area contributed by atoms with Gasteiger partial charge in [-0.3, -0.25) is 9.59 Å². The topological polar surface area (TPSA) is 84.0 Å². The first kappa shape index (κ1) is 16.3. The molecule has 3 aromatic rings. The lowest BCUT2D eigenvalue weighted by Gasteiger charge is -2.08. The minimum atomic E-state index is -0.913. The summed E-state index contributed by atoms with van der Waals surface area (Å²) >= 11 is 0. The van der Waals surface area contributed by atoms with Crippen LogP contribution in [0.3, 0.4) is 0 Å². The van der Waals surface area contributed by atoms with Gasteiger partial charge in [-0.2, -0.15) is 0 Å². The van der Waals surface area contributed by atoms with Crippen molar-refractivity contribution in [2.45, 2.75) is 0 Å². The van der Waals surface area contributed by atoms with Crippen molar-refractivity contribution >= 4 is 11.6 Å². The second-order valence-electron chi connectivity index (χ2n) is 5.06. The Bertz CT molecular complexity index is 1060. The van der Waals surface area contributed by atoms with Gasteiger partial charge in [-0.15, -0.1) is 0 Å². The van der Waals surface area contributed by atoms with Gasteiger partial charge in [0.15, 0.2) is 0 Å². The predicted octanol–water partition coefficient (Wildman–Crippen LogP) is 2.06. The van der Waals surface area contributed by atoms with Crippen LogP contribution in [0.5, 0.6) is 0 Å². The second-order valence-corrected chi connectivity index (χ2v) is 5.06. The Morgan fingerprint density at radius 3 is 2.36 bits per heavy atom. The summed E-state index contributed by atoms with van der Waals surface area (Å²) in [6.07, 6.45) is 0.945. The molecular weight excluding hydrogens is 332 g/mol. The summed E-state index contributed by atoms with van der Waals surface area (Å²) < 4.78 is 27.3. The Kier molecular flexibility index (Phi) is 4.25. The van der Waals surface area contributed by atoms with Crippen LogP contribution in [0.15, 0.2) is 64.3 Å². The number of aromatic nitrogens is 2. The fourth-order valence-electron chi connectivity index (χ4n) is 2.21. The number of amides is 1. The molecule has 8 heteroatoms. The highest BCUT2D eigenvalue weighted by atomic mass is 19.1. The van der Waals surface area contributed by atoms with E-state index in [0.29, 0.717) is 4.57 Å². The lowest BCUT2D eigenvalue weighted by molar-refractivity contribution is 0.102. The number of aromatic amines is 1. The number of para-hydroxylation sites is 1. The van der Waals surface area contributed by atoms with E-state index in [4.69, 9.17) is 0 Å². The van der Waals surface area contributed by atoms with Crippen molar-refractivity contribution in [2.24, 2.45) is 0 Å². The molecule has 0 bridgehead atoms. The number of nitrogens with zero attached hydrogens (tertiary/aromatic N) is 1. The number of carbonyl (C=O) groups is 1. The van der Waals surface area contributed by atoms with Crippen molar-refractivity contribution in [3.63, 3.8) is 0 Å². The highest BCUT2D eigenvalue weighted by Gasteiger charge is 2.17. The lowest BCUT2D eigenvalue weighted by atomic mass is 10.2. The van der Waals surface area contributed by atoms with E-state index in [2.05, 4.69) is 10.3 Å². The van der Waals surface area contributed by atoms with Crippen LogP contribution in [0.25, 0.3) is 5.69 Å². The molecule has 126 valence electrons. The Balaban J connectivity index is 2.04. The summed E-state index contributed by atoms with van der Waals surface area (Å²) in [5, 5.41) is 2.27. The average molecular weight is 343 g/mol. The highest BCUT2D eigenvalue weighted by molar-refractivity contribution is 6.03. The fourth-order valence-corrected chi connectivity index (χ4v) is 2.21. The lowest BCUT2D eigenvalue weighted by Crippen LogP contribution is -2.38. The molecule has 25 heavy (non-hydrogen) atoms. The van der Waals surface area contributed by atoms with Crippen molar-refractivity contribution in [3.8, 4) is 5.69 Å². The maximum Gasteiger partial charge on any atom is 0.333 e. The van der Waals surface area contributed by atoms with Gasteiger partial charge in [0.2, 0.25) is 0 Å². The molecule has 0 radical (unpaired) electrons. The van der Waals surface area contributed by atoms with E-state index >= 15 is 0 Å². The third kappa shape index (κ3) is 3.23. The standard InChI is InChI=1S/C17H11F2N3O3/c18-10-5-7-11(8-6-10)22-16(24)12(9-20-17(22)25)15(23)21-14-4-2-1-3-13(14)19/h1-9H,(H,20,25)(H,21,23). The summed E-state index contributed by atoms with van der Waals surface area (Å²) in [6, 6.07) is 10.1. The Hall–Kier alpha value is -3.55. The highest BCUT2D eigenvalue weighted by Crippen LogP contribution is 2.13. The maximum absolute atomic E-state index is 13.6. The molecule has 0 fully saturated rings. The number of nitrogens with one attached hydrogen (secondary N) is 2. The third-order valence-electron chi connectivity index (χ3n) is 3.43. The van der Waals surface area contributed by atoms with Crippen LogP contribution in [0.1, 0.15) is 10.4 Å². The molecule has 1 aromatic heterocycles. The maximum atomic E-state index is 13.6. The molecule has 0 unspecified atom stereocenters. The van der Waals surface area contributed by atoms with Gasteiger partial charge in [0.25, 0.3) is 11.5 Å². The van der Waals surface area contributed by atoms with Crippen LogP contribution >= 0.6 is 0 Å². The minimum absolute atomic E-state index is 0.0909. The zero-order valence-corrected chi connectivity index (χ0v) is 12.6. The third-order valence-corrected chi connectivity index (χ3v) is 3.43. The first-order valence-corrected chi connectivity index (χ1v) is 7.14. The monoisotopic (exact) mass is 343 g/mol. The summed E-state index contributed by atoms with van der Waals surface area (Å²) in [7, 11) is 0. The zero-order chi connectivity index (χ0) is 18.0. The number of hydrogen-bond donors (Lipinski definition) is 2. The van der Waals surface area contributed by atoms with E-state index in [1.54, 1.807) is 0 Å². The first-order valence-electron chi connectivity index (χ1n) is 7.14. The zero-order valence-electron chi connectivity index (χ0n) is 12.6. The molecule has 6 nitrogen and oxygen atoms in total. The van der Waals surface area contributed by atoms with Crippen molar-refractivity contribution in [1.29, 1.82) is 0 Å². The smallest absolute Gasteiger partial charge is 0.319 e. The number of hydrogen-bond acceptors (Lipinski definition) is 3. The van der Waals surface area contributed by atoms with E-state index in [9.17, 15) is 23.2 Å². The molecule has 0 saturated carbocycles. The van der Waals surface area contributed by atoms with Gasteiger partial charge in [0.05, 0.1) is 11.4 Å². The summed E-state index contributed by atoms with van der Waals surface area (Å²) in [4.78, 5) is 38.9. The van der Waals surface area contributed by atoms with Crippen LogP contribution < -0.4 is 16.6 Å². The van der Waals surface area contributed by atoms with Crippen LogP contribution in [0.4, 0.5) is 14.5 Å². The van der Waals surface area contributed by atoms with Gasteiger partial charge in [-0.05, 0) is 36.4 Å². The van der Waals surface area contributed by atoms with Gasteiger partial charge in [-0.1, -0.05) is 12.1 Å². The molecule has 3 rings (SSSR count). The van der Waals surface area contributed by atoms with E-state index < -0.39 is 34.4 Å². The van der Waals surface area contributed by atoms with E-state index in [0.717, 1.165) is 24.4 Å². The van der Waals surface area contributed by atoms with Gasteiger partial charge >= 0.3 is 5.69 Å². The Labute approximate surface area is 139 Å². The Morgan fingerprint density at radius 1 is 1.00 bits per heavy atom. The summed E-state index contributed by atoms with van der Waals surface area (Å²) in [5.74, 6) is -2.09. The van der Waals surface area contributed by atoms with E-state index in [1.807, 2.05) is 0 Å². The normalized spacial score (nSPS) is 10.5. The molecule has 0 aliphatic rings. The first-order chi connectivity index (χ1) is 12.0. The SMILES string of the molecule is O=C(Nc1ccccc1F)c1c[nH]c(=O)n(-c2ccc(F)cc2)c1=O. The number of carbonyl (C=O) groups excluding carboxylic acids is 1. The van der Waals surface area contributed by atoms with Crippen molar-refractivity contribution in [3.05, 3.63) is 92.8 Å². The molecule has 2 N–H and O–H groups in total. The van der Waals surface area contributed by atoms with Crippen LogP contribution in [0.2, 0.25) is 0 Å². The van der Waals surface area contributed by atoms with Crippen molar-refractivity contribution in [1.82, 2.24) is 9.55 Å². The average Bonchev–Trinajstić information content (AvgIpc) is 2.58. The predicted molar refractivity (Wildman–Crippen MR) is 87.0 cm³/mol. The fraction of sp³-hybridized carbons (Fsp3) is 0. The van der Waals surface area contributed by atoms with Gasteiger partial charge in [-0.25, -0.2) is 18.1 Å². The van der Waals surface area contributed by atoms with Crippen LogP contribution in [-0.2, 0) is 0 Å². The molecule has 0 saturated heterocycles. The molecule has 2 aromatic carbocycles. The number of rotatable bonds is 3. The molecule has 0 aliphatic heterocycles. The number of H-pyrrole nitrogens is 1. The molecular formula is C17H11F2N3O3. The molecule has 0 spiro atoms. The number of anilines is 1. The number of benzene rings is 2. The summed E-state index contributed by atoms with van der Waals surface area (Å²) in [5.41, 5.74) is -2.12. The quantitative estimate of drug-likeness (QED) is 0.763. The van der Waals surface area contributed by atoms with Crippen molar-refractivity contribution < 1.29 is 13.6 Å². The van der Waals surface area contributed by atoms with E-state index in [1.165, 1.54) is 30.3 Å². The Morgan fingerprint density at radius 2 is 1.68 bits per heavy atom. The van der Waals surface area contributed by atoms with E-state index in [-0.39, 0.29) is 11.4 Å². The van der Waals surface area contributed by atoms with Gasteiger partial charge < -0.3 is 10.3 Å². The molecule has 0 atom stereocenters. The van der Waals surface area contributed by atoms with Gasteiger partial charge in [0, 0.05) is 6.20 Å². The largest absolute Gasteiger partial charge is 0.333 e. The van der Waals surface area contributed by atoms with Crippen LogP contribution in [0, 0.1) is 11.6 Å².